The van der Waals surface area contributed by atoms with Gasteiger partial charge in [0.1, 0.15) is 5.75 Å². The number of hydrogen-bond donors (Lipinski definition) is 1. The zero-order valence-electron chi connectivity index (χ0n) is 15.7. The molecule has 138 valence electrons. The Morgan fingerprint density at radius 1 is 1.08 bits per heavy atom. The van der Waals surface area contributed by atoms with Crippen LogP contribution in [0.2, 0.25) is 0 Å². The molecular weight excluding hydrogens is 324 g/mol. The molecule has 0 saturated heterocycles. The number of nitrogens with one attached hydrogen (secondary N) is 1. The minimum atomic E-state index is -0.0599. The number of anilines is 1. The lowest BCUT2D eigenvalue weighted by Gasteiger charge is -2.18. The quantitative estimate of drug-likeness (QED) is 0.516. The first-order valence-corrected chi connectivity index (χ1v) is 9.14. The van der Waals surface area contributed by atoms with E-state index in [0.717, 1.165) is 30.7 Å². The third kappa shape index (κ3) is 7.01. The molecule has 2 aromatic rings. The van der Waals surface area contributed by atoms with Crippen molar-refractivity contribution in [3.05, 3.63) is 66.2 Å². The molecule has 0 bridgehead atoms. The van der Waals surface area contributed by atoms with Crippen molar-refractivity contribution >= 4 is 17.7 Å². The predicted molar refractivity (Wildman–Crippen MR) is 109 cm³/mol. The SMILES string of the molecule is CCOc1ccc(/C=C/C(=O)NCCCCN(C)c2ccccc2)cc1. The first-order chi connectivity index (χ1) is 12.7. The van der Waals surface area contributed by atoms with Crippen molar-refractivity contribution in [2.24, 2.45) is 0 Å². The highest BCUT2D eigenvalue weighted by Crippen LogP contribution is 2.13. The Hall–Kier alpha value is -2.75. The van der Waals surface area contributed by atoms with Crippen LogP contribution < -0.4 is 15.0 Å². The lowest BCUT2D eigenvalue weighted by Crippen LogP contribution is -2.24. The van der Waals surface area contributed by atoms with Gasteiger partial charge in [-0.15, -0.1) is 0 Å². The van der Waals surface area contributed by atoms with Crippen molar-refractivity contribution in [2.75, 3.05) is 31.6 Å². The number of carbonyl (C=O) groups is 1. The van der Waals surface area contributed by atoms with E-state index in [1.54, 1.807) is 6.08 Å². The molecule has 1 N–H and O–H groups in total. The summed E-state index contributed by atoms with van der Waals surface area (Å²) in [4.78, 5) is 14.1. The van der Waals surface area contributed by atoms with Gasteiger partial charge in [0, 0.05) is 31.9 Å². The summed E-state index contributed by atoms with van der Waals surface area (Å²) in [6.45, 7) is 4.27. The number of benzene rings is 2. The van der Waals surface area contributed by atoms with Gasteiger partial charge in [-0.2, -0.15) is 0 Å². The van der Waals surface area contributed by atoms with Gasteiger partial charge < -0.3 is 15.0 Å². The Balaban J connectivity index is 1.62. The molecule has 26 heavy (non-hydrogen) atoms. The molecule has 0 heterocycles. The Bertz CT molecular complexity index is 681. The first-order valence-electron chi connectivity index (χ1n) is 9.14. The molecule has 0 aliphatic heterocycles. The number of rotatable bonds is 10. The number of unbranched alkanes of at least 4 members (excludes halogenated alkanes) is 1. The van der Waals surface area contributed by atoms with Crippen molar-refractivity contribution < 1.29 is 9.53 Å². The van der Waals surface area contributed by atoms with Crippen molar-refractivity contribution in [1.82, 2.24) is 5.32 Å². The second-order valence-electron chi connectivity index (χ2n) is 6.09. The van der Waals surface area contributed by atoms with Crippen LogP contribution in [-0.4, -0.2) is 32.7 Å². The Kier molecular flexibility index (Phi) is 8.27. The summed E-state index contributed by atoms with van der Waals surface area (Å²) in [5, 5.41) is 2.93. The molecule has 0 fully saturated rings. The Labute approximate surface area is 156 Å². The van der Waals surface area contributed by atoms with Gasteiger partial charge in [-0.3, -0.25) is 4.79 Å². The zero-order chi connectivity index (χ0) is 18.6. The van der Waals surface area contributed by atoms with Crippen LogP contribution in [0.5, 0.6) is 5.75 Å². The lowest BCUT2D eigenvalue weighted by molar-refractivity contribution is -0.116. The molecule has 2 aromatic carbocycles. The fourth-order valence-corrected chi connectivity index (χ4v) is 2.57. The average Bonchev–Trinajstić information content (AvgIpc) is 2.68. The summed E-state index contributed by atoms with van der Waals surface area (Å²) in [7, 11) is 2.09. The molecule has 4 nitrogen and oxygen atoms in total. The third-order valence-electron chi connectivity index (χ3n) is 4.03. The van der Waals surface area contributed by atoms with E-state index >= 15 is 0 Å². The van der Waals surface area contributed by atoms with E-state index in [9.17, 15) is 4.79 Å². The zero-order valence-corrected chi connectivity index (χ0v) is 15.7. The molecule has 1 amide bonds. The second-order valence-corrected chi connectivity index (χ2v) is 6.09. The average molecular weight is 352 g/mol. The van der Waals surface area contributed by atoms with E-state index in [1.165, 1.54) is 5.69 Å². The molecule has 0 aliphatic rings. The highest BCUT2D eigenvalue weighted by molar-refractivity contribution is 5.91. The number of ether oxygens (including phenoxy) is 1. The van der Waals surface area contributed by atoms with Crippen molar-refractivity contribution in [3.63, 3.8) is 0 Å². The number of para-hydroxylation sites is 1. The van der Waals surface area contributed by atoms with E-state index in [-0.39, 0.29) is 5.91 Å². The van der Waals surface area contributed by atoms with Gasteiger partial charge in [-0.25, -0.2) is 0 Å². The highest BCUT2D eigenvalue weighted by Gasteiger charge is 2.00. The van der Waals surface area contributed by atoms with Gasteiger partial charge in [-0.1, -0.05) is 30.3 Å². The van der Waals surface area contributed by atoms with Crippen LogP contribution in [0.25, 0.3) is 6.08 Å². The maximum Gasteiger partial charge on any atom is 0.243 e. The highest BCUT2D eigenvalue weighted by atomic mass is 16.5. The van der Waals surface area contributed by atoms with Crippen LogP contribution in [0.1, 0.15) is 25.3 Å². The molecule has 0 radical (unpaired) electrons. The molecule has 0 aliphatic carbocycles. The van der Waals surface area contributed by atoms with Crippen LogP contribution >= 0.6 is 0 Å². The number of amides is 1. The maximum absolute atomic E-state index is 11.9. The van der Waals surface area contributed by atoms with Crippen LogP contribution in [0, 0.1) is 0 Å². The summed E-state index contributed by atoms with van der Waals surface area (Å²) < 4.78 is 5.40. The summed E-state index contributed by atoms with van der Waals surface area (Å²) in [6.07, 6.45) is 5.38. The monoisotopic (exact) mass is 352 g/mol. The van der Waals surface area contributed by atoms with E-state index in [0.29, 0.717) is 13.2 Å². The minimum Gasteiger partial charge on any atom is -0.494 e. The molecule has 0 aromatic heterocycles. The molecule has 0 unspecified atom stereocenters. The van der Waals surface area contributed by atoms with E-state index in [4.69, 9.17) is 4.74 Å². The molecular formula is C22H28N2O2. The smallest absolute Gasteiger partial charge is 0.243 e. The Morgan fingerprint density at radius 2 is 1.81 bits per heavy atom. The fourth-order valence-electron chi connectivity index (χ4n) is 2.57. The summed E-state index contributed by atoms with van der Waals surface area (Å²) >= 11 is 0. The molecule has 0 saturated carbocycles. The summed E-state index contributed by atoms with van der Waals surface area (Å²) in [6, 6.07) is 18.0. The number of nitrogens with zero attached hydrogens (tertiary/aromatic N) is 1. The first kappa shape index (κ1) is 19.6. The van der Waals surface area contributed by atoms with Crippen molar-refractivity contribution in [1.29, 1.82) is 0 Å². The fraction of sp³-hybridized carbons (Fsp3) is 0.318. The van der Waals surface area contributed by atoms with Gasteiger partial charge in [0.15, 0.2) is 0 Å². The van der Waals surface area contributed by atoms with E-state index < -0.39 is 0 Å². The van der Waals surface area contributed by atoms with Gasteiger partial charge in [0.25, 0.3) is 0 Å². The second kappa shape index (κ2) is 11.0. The molecule has 0 spiro atoms. The van der Waals surface area contributed by atoms with Gasteiger partial charge in [-0.05, 0) is 55.7 Å². The van der Waals surface area contributed by atoms with Crippen molar-refractivity contribution in [3.8, 4) is 5.75 Å². The van der Waals surface area contributed by atoms with Crippen molar-refractivity contribution in [2.45, 2.75) is 19.8 Å². The topological polar surface area (TPSA) is 41.6 Å². The number of carbonyl (C=O) groups excluding carboxylic acids is 1. The molecule has 0 atom stereocenters. The van der Waals surface area contributed by atoms with E-state index in [1.807, 2.05) is 55.5 Å². The summed E-state index contributed by atoms with van der Waals surface area (Å²) in [5.74, 6) is 0.782. The lowest BCUT2D eigenvalue weighted by atomic mass is 10.2. The maximum atomic E-state index is 11.9. The van der Waals surface area contributed by atoms with Gasteiger partial charge in [0.05, 0.1) is 6.61 Å². The third-order valence-corrected chi connectivity index (χ3v) is 4.03. The Morgan fingerprint density at radius 3 is 2.50 bits per heavy atom. The van der Waals surface area contributed by atoms with Crippen LogP contribution in [0.4, 0.5) is 5.69 Å². The van der Waals surface area contributed by atoms with Crippen LogP contribution in [-0.2, 0) is 4.79 Å². The van der Waals surface area contributed by atoms with Gasteiger partial charge in [0.2, 0.25) is 5.91 Å². The predicted octanol–water partition coefficient (Wildman–Crippen LogP) is 4.13. The van der Waals surface area contributed by atoms with Crippen LogP contribution in [0.15, 0.2) is 60.7 Å². The van der Waals surface area contributed by atoms with Crippen LogP contribution in [0.3, 0.4) is 0 Å². The molecule has 2 rings (SSSR count). The van der Waals surface area contributed by atoms with Gasteiger partial charge >= 0.3 is 0 Å². The standard InChI is InChI=1S/C22H28N2O2/c1-3-26-21-14-11-19(12-15-21)13-16-22(25)23-17-7-8-18-24(2)20-9-5-4-6-10-20/h4-6,9-16H,3,7-8,17-18H2,1-2H3,(H,23,25)/b16-13+. The largest absolute Gasteiger partial charge is 0.494 e. The summed E-state index contributed by atoms with van der Waals surface area (Å²) in [5.41, 5.74) is 2.20. The minimum absolute atomic E-state index is 0.0599. The normalized spacial score (nSPS) is 10.7. The molecule has 4 heteroatoms. The van der Waals surface area contributed by atoms with E-state index in [2.05, 4.69) is 29.4 Å². The number of hydrogen-bond acceptors (Lipinski definition) is 3.